The van der Waals surface area contributed by atoms with E-state index in [4.69, 9.17) is 0 Å². The average molecular weight is 201 g/mol. The predicted molar refractivity (Wildman–Crippen MR) is 56.1 cm³/mol. The van der Waals surface area contributed by atoms with E-state index in [1.165, 1.54) is 0 Å². The maximum Gasteiger partial charge on any atom is 0.129 e. The Labute approximate surface area is 87.6 Å². The number of aromatic nitrogens is 4. The van der Waals surface area contributed by atoms with E-state index >= 15 is 0 Å². The van der Waals surface area contributed by atoms with Crippen molar-refractivity contribution >= 4 is 5.82 Å². The largest absolute Gasteiger partial charge is 0.364 e. The van der Waals surface area contributed by atoms with Crippen LogP contribution in [0.4, 0.5) is 5.82 Å². The third kappa shape index (κ3) is 2.70. The van der Waals surface area contributed by atoms with Gasteiger partial charge in [-0.25, -0.2) is 9.97 Å². The van der Waals surface area contributed by atoms with Gasteiger partial charge >= 0.3 is 0 Å². The van der Waals surface area contributed by atoms with Crippen molar-refractivity contribution in [1.29, 1.82) is 0 Å². The molecule has 0 fully saturated rings. The molecule has 0 aliphatic carbocycles. The van der Waals surface area contributed by atoms with Gasteiger partial charge in [-0.1, -0.05) is 0 Å². The van der Waals surface area contributed by atoms with Crippen LogP contribution >= 0.6 is 0 Å². The maximum atomic E-state index is 4.22. The maximum absolute atomic E-state index is 4.22. The predicted octanol–water partition coefficient (Wildman–Crippen LogP) is 1.19. The molecule has 5 heteroatoms. The van der Waals surface area contributed by atoms with Crippen LogP contribution in [0.15, 0.2) is 30.6 Å². The fourth-order valence-electron chi connectivity index (χ4n) is 1.16. The molecule has 2 heterocycles. The Hall–Kier alpha value is -2.04. The summed E-state index contributed by atoms with van der Waals surface area (Å²) >= 11 is 0. The summed E-state index contributed by atoms with van der Waals surface area (Å²) in [7, 11) is 0. The Bertz CT molecular complexity index is 429. The van der Waals surface area contributed by atoms with E-state index < -0.39 is 0 Å². The van der Waals surface area contributed by atoms with Gasteiger partial charge < -0.3 is 5.32 Å². The lowest BCUT2D eigenvalue weighted by molar-refractivity contribution is 0.915. The van der Waals surface area contributed by atoms with E-state index in [-0.39, 0.29) is 0 Å². The normalized spacial score (nSPS) is 9.93. The van der Waals surface area contributed by atoms with Gasteiger partial charge in [-0.3, -0.25) is 0 Å². The van der Waals surface area contributed by atoms with Gasteiger partial charge in [-0.05, 0) is 25.1 Å². The smallest absolute Gasteiger partial charge is 0.129 e. The van der Waals surface area contributed by atoms with Gasteiger partial charge in [-0.2, -0.15) is 10.2 Å². The molecule has 0 aromatic carbocycles. The highest BCUT2D eigenvalue weighted by Gasteiger charge is 1.96. The first-order valence-electron chi connectivity index (χ1n) is 4.65. The number of nitrogens with one attached hydrogen (secondary N) is 1. The lowest BCUT2D eigenvalue weighted by atomic mass is 10.4. The van der Waals surface area contributed by atoms with Crippen molar-refractivity contribution in [2.75, 3.05) is 5.32 Å². The van der Waals surface area contributed by atoms with E-state index in [0.717, 1.165) is 17.3 Å². The molecule has 0 bridgehead atoms. The van der Waals surface area contributed by atoms with Crippen LogP contribution in [-0.4, -0.2) is 20.2 Å². The first-order valence-corrected chi connectivity index (χ1v) is 4.65. The van der Waals surface area contributed by atoms with Gasteiger partial charge in [0, 0.05) is 12.4 Å². The fourth-order valence-corrected chi connectivity index (χ4v) is 1.16. The van der Waals surface area contributed by atoms with Gasteiger partial charge in [0.05, 0.1) is 12.2 Å². The summed E-state index contributed by atoms with van der Waals surface area (Å²) < 4.78 is 0. The second-order valence-electron chi connectivity index (χ2n) is 3.06. The van der Waals surface area contributed by atoms with E-state index in [0.29, 0.717) is 6.54 Å². The first kappa shape index (κ1) is 9.51. The van der Waals surface area contributed by atoms with E-state index in [2.05, 4.69) is 25.5 Å². The average Bonchev–Trinajstić information content (AvgIpc) is 2.28. The molecule has 0 radical (unpaired) electrons. The second kappa shape index (κ2) is 4.45. The van der Waals surface area contributed by atoms with Crippen LogP contribution in [0.25, 0.3) is 0 Å². The van der Waals surface area contributed by atoms with Crippen LogP contribution in [0.5, 0.6) is 0 Å². The zero-order valence-corrected chi connectivity index (χ0v) is 8.38. The summed E-state index contributed by atoms with van der Waals surface area (Å²) in [5.74, 6) is 1.55. The Morgan fingerprint density at radius 1 is 1.27 bits per heavy atom. The van der Waals surface area contributed by atoms with Gasteiger partial charge in [-0.15, -0.1) is 0 Å². The highest BCUT2D eigenvalue weighted by molar-refractivity contribution is 5.33. The van der Waals surface area contributed by atoms with E-state index in [9.17, 15) is 0 Å². The minimum Gasteiger partial charge on any atom is -0.364 e. The quantitative estimate of drug-likeness (QED) is 0.808. The summed E-state index contributed by atoms with van der Waals surface area (Å²) in [6, 6.07) is 5.59. The van der Waals surface area contributed by atoms with Crippen LogP contribution < -0.4 is 5.32 Å². The monoisotopic (exact) mass is 201 g/mol. The number of hydrogen-bond donors (Lipinski definition) is 1. The van der Waals surface area contributed by atoms with Crippen molar-refractivity contribution < 1.29 is 0 Å². The van der Waals surface area contributed by atoms with Crippen LogP contribution in [0, 0.1) is 6.92 Å². The minimum atomic E-state index is 0.615. The Morgan fingerprint density at radius 2 is 2.20 bits per heavy atom. The number of rotatable bonds is 3. The van der Waals surface area contributed by atoms with Crippen molar-refractivity contribution in [3.63, 3.8) is 0 Å². The Morgan fingerprint density at radius 3 is 2.93 bits per heavy atom. The second-order valence-corrected chi connectivity index (χ2v) is 3.06. The van der Waals surface area contributed by atoms with E-state index in [1.54, 1.807) is 12.4 Å². The molecular formula is C10H11N5. The molecule has 0 aliphatic heterocycles. The van der Waals surface area contributed by atoms with Crippen molar-refractivity contribution in [1.82, 2.24) is 20.2 Å². The lowest BCUT2D eigenvalue weighted by Gasteiger charge is -2.04. The molecule has 1 N–H and O–H groups in total. The third-order valence-electron chi connectivity index (χ3n) is 1.85. The number of nitrogens with zero attached hydrogens (tertiary/aromatic N) is 4. The number of anilines is 1. The summed E-state index contributed by atoms with van der Waals surface area (Å²) in [6.07, 6.45) is 3.37. The zero-order valence-electron chi connectivity index (χ0n) is 8.38. The Balaban J connectivity index is 1.99. The van der Waals surface area contributed by atoms with Crippen molar-refractivity contribution in [2.24, 2.45) is 0 Å². The highest BCUT2D eigenvalue weighted by atomic mass is 15.1. The molecular weight excluding hydrogens is 190 g/mol. The molecule has 2 aromatic heterocycles. The third-order valence-corrected chi connectivity index (χ3v) is 1.85. The van der Waals surface area contributed by atoms with Gasteiger partial charge in [0.15, 0.2) is 0 Å². The molecule has 2 aromatic rings. The lowest BCUT2D eigenvalue weighted by Crippen LogP contribution is -2.04. The summed E-state index contributed by atoms with van der Waals surface area (Å²) in [4.78, 5) is 8.23. The van der Waals surface area contributed by atoms with Gasteiger partial charge in [0.1, 0.15) is 11.6 Å². The molecule has 0 unspecified atom stereocenters. The minimum absolute atomic E-state index is 0.615. The molecule has 0 spiro atoms. The molecule has 0 atom stereocenters. The van der Waals surface area contributed by atoms with Crippen molar-refractivity contribution in [3.8, 4) is 0 Å². The first-order chi connectivity index (χ1) is 7.34. The summed E-state index contributed by atoms with van der Waals surface area (Å²) in [6.45, 7) is 2.47. The van der Waals surface area contributed by atoms with Gasteiger partial charge in [0.2, 0.25) is 0 Å². The molecule has 2 rings (SSSR count). The van der Waals surface area contributed by atoms with Crippen LogP contribution in [0.1, 0.15) is 11.5 Å². The Kier molecular flexibility index (Phi) is 2.82. The van der Waals surface area contributed by atoms with E-state index in [1.807, 2.05) is 25.1 Å². The topological polar surface area (TPSA) is 63.6 Å². The zero-order chi connectivity index (χ0) is 10.5. The summed E-state index contributed by atoms with van der Waals surface area (Å²) in [5.41, 5.74) is 0.883. The molecule has 0 saturated carbocycles. The van der Waals surface area contributed by atoms with Crippen LogP contribution in [0.2, 0.25) is 0 Å². The number of hydrogen-bond acceptors (Lipinski definition) is 5. The van der Waals surface area contributed by atoms with Crippen LogP contribution in [0.3, 0.4) is 0 Å². The fraction of sp³-hybridized carbons (Fsp3) is 0.200. The molecule has 15 heavy (non-hydrogen) atoms. The standard InChI is InChI=1S/C10H11N5/c1-8-11-6-4-10(14-8)12-7-9-3-2-5-13-15-9/h2-6H,7H2,1H3,(H,11,12,14). The highest BCUT2D eigenvalue weighted by Crippen LogP contribution is 2.03. The molecule has 0 aliphatic rings. The molecule has 76 valence electrons. The SMILES string of the molecule is Cc1nccc(NCc2cccnn2)n1. The molecule has 0 saturated heterocycles. The van der Waals surface area contributed by atoms with Crippen molar-refractivity contribution in [2.45, 2.75) is 13.5 Å². The van der Waals surface area contributed by atoms with Crippen LogP contribution in [-0.2, 0) is 6.54 Å². The van der Waals surface area contributed by atoms with Crippen molar-refractivity contribution in [3.05, 3.63) is 42.1 Å². The number of aryl methyl sites for hydroxylation is 1. The summed E-state index contributed by atoms with van der Waals surface area (Å²) in [5, 5.41) is 10.9. The molecule has 0 amide bonds. The molecule has 5 nitrogen and oxygen atoms in total. The van der Waals surface area contributed by atoms with Gasteiger partial charge in [0.25, 0.3) is 0 Å².